The molecule has 0 saturated heterocycles. The number of thiophene rings is 1. The van der Waals surface area contributed by atoms with Crippen molar-refractivity contribution in [2.75, 3.05) is 20.3 Å². The van der Waals surface area contributed by atoms with E-state index in [0.717, 1.165) is 24.0 Å². The highest BCUT2D eigenvalue weighted by Crippen LogP contribution is 2.19. The third-order valence-electron chi connectivity index (χ3n) is 1.90. The summed E-state index contributed by atoms with van der Waals surface area (Å²) in [7, 11) is 1.67. The van der Waals surface area contributed by atoms with Crippen LogP contribution in [-0.4, -0.2) is 25.6 Å². The number of hydrogen-bond donors (Lipinski definition) is 1. The summed E-state index contributed by atoms with van der Waals surface area (Å²) >= 11 is 11.2. The fourth-order valence-electron chi connectivity index (χ4n) is 1.18. The second kappa shape index (κ2) is 7.63. The highest BCUT2D eigenvalue weighted by Gasteiger charge is 2.03. The number of ether oxygens (including phenoxy) is 1. The lowest BCUT2D eigenvalue weighted by molar-refractivity contribution is 0.195. The van der Waals surface area contributed by atoms with Gasteiger partial charge in [-0.3, -0.25) is 0 Å². The zero-order valence-corrected chi connectivity index (χ0v) is 11.8. The first-order valence-corrected chi connectivity index (χ1v) is 6.90. The van der Waals surface area contributed by atoms with Crippen LogP contribution < -0.4 is 5.32 Å². The molecule has 0 saturated carbocycles. The Morgan fingerprint density at radius 3 is 3.07 bits per heavy atom. The standard InChI is InChI=1S/C10H15BrClNOS/c1-14-6-9(12)2-3-13-5-10-4-8(11)7-15-10/h4,7,9,13H,2-3,5-6H2,1H3. The maximum atomic E-state index is 6.00. The van der Waals surface area contributed by atoms with Gasteiger partial charge in [-0.1, -0.05) is 0 Å². The Labute approximate surface area is 108 Å². The van der Waals surface area contributed by atoms with Gasteiger partial charge in [0.2, 0.25) is 0 Å². The first-order chi connectivity index (χ1) is 7.22. The van der Waals surface area contributed by atoms with Crippen LogP contribution in [0, 0.1) is 0 Å². The van der Waals surface area contributed by atoms with Gasteiger partial charge in [0.15, 0.2) is 0 Å². The van der Waals surface area contributed by atoms with E-state index in [-0.39, 0.29) is 5.38 Å². The van der Waals surface area contributed by atoms with E-state index in [1.165, 1.54) is 4.88 Å². The Kier molecular flexibility index (Phi) is 6.84. The van der Waals surface area contributed by atoms with Gasteiger partial charge in [0, 0.05) is 28.4 Å². The number of hydrogen-bond acceptors (Lipinski definition) is 3. The van der Waals surface area contributed by atoms with Gasteiger partial charge in [0.25, 0.3) is 0 Å². The molecule has 1 heterocycles. The Bertz CT molecular complexity index is 282. The third kappa shape index (κ3) is 5.88. The monoisotopic (exact) mass is 311 g/mol. The Balaban J connectivity index is 2.06. The molecule has 0 aliphatic rings. The molecule has 0 bridgehead atoms. The van der Waals surface area contributed by atoms with Gasteiger partial charge in [-0.15, -0.1) is 22.9 Å². The Morgan fingerprint density at radius 2 is 2.47 bits per heavy atom. The smallest absolute Gasteiger partial charge is 0.0626 e. The van der Waals surface area contributed by atoms with Crippen molar-refractivity contribution in [1.82, 2.24) is 5.32 Å². The van der Waals surface area contributed by atoms with Crippen molar-refractivity contribution in [3.05, 3.63) is 20.8 Å². The molecule has 1 N–H and O–H groups in total. The van der Waals surface area contributed by atoms with E-state index >= 15 is 0 Å². The van der Waals surface area contributed by atoms with Gasteiger partial charge < -0.3 is 10.1 Å². The van der Waals surface area contributed by atoms with Gasteiger partial charge in [-0.05, 0) is 35.0 Å². The molecule has 0 fully saturated rings. The summed E-state index contributed by atoms with van der Waals surface area (Å²) in [6.45, 7) is 2.45. The van der Waals surface area contributed by atoms with Crippen molar-refractivity contribution in [3.63, 3.8) is 0 Å². The molecular weight excluding hydrogens is 298 g/mol. The molecule has 1 atom stereocenters. The number of rotatable bonds is 7. The predicted molar refractivity (Wildman–Crippen MR) is 69.9 cm³/mol. The zero-order chi connectivity index (χ0) is 11.1. The molecule has 2 nitrogen and oxygen atoms in total. The number of alkyl halides is 1. The first kappa shape index (κ1) is 13.5. The minimum atomic E-state index is 0.109. The number of halogens is 2. The van der Waals surface area contributed by atoms with E-state index in [4.69, 9.17) is 16.3 Å². The van der Waals surface area contributed by atoms with Gasteiger partial charge in [0.1, 0.15) is 0 Å². The van der Waals surface area contributed by atoms with Crippen LogP contribution in [0.25, 0.3) is 0 Å². The van der Waals surface area contributed by atoms with Crippen LogP contribution in [0.5, 0.6) is 0 Å². The van der Waals surface area contributed by atoms with Crippen molar-refractivity contribution in [3.8, 4) is 0 Å². The predicted octanol–water partition coefficient (Wildman–Crippen LogP) is 3.24. The second-order valence-electron chi connectivity index (χ2n) is 3.25. The van der Waals surface area contributed by atoms with Crippen LogP contribution in [0.3, 0.4) is 0 Å². The molecule has 5 heteroatoms. The molecule has 0 aromatic carbocycles. The minimum absolute atomic E-state index is 0.109. The first-order valence-electron chi connectivity index (χ1n) is 4.79. The summed E-state index contributed by atoms with van der Waals surface area (Å²) in [4.78, 5) is 1.33. The average molecular weight is 313 g/mol. The van der Waals surface area contributed by atoms with Gasteiger partial charge in [0.05, 0.1) is 12.0 Å². The van der Waals surface area contributed by atoms with E-state index in [0.29, 0.717) is 6.61 Å². The fraction of sp³-hybridized carbons (Fsp3) is 0.600. The lowest BCUT2D eigenvalue weighted by atomic mass is 10.3. The molecular formula is C10H15BrClNOS. The molecule has 1 aromatic heterocycles. The third-order valence-corrected chi connectivity index (χ3v) is 3.94. The lowest BCUT2D eigenvalue weighted by Gasteiger charge is -2.08. The van der Waals surface area contributed by atoms with Gasteiger partial charge in [-0.2, -0.15) is 0 Å². The van der Waals surface area contributed by atoms with E-state index < -0.39 is 0 Å². The van der Waals surface area contributed by atoms with E-state index in [2.05, 4.69) is 32.7 Å². The van der Waals surface area contributed by atoms with Crippen LogP contribution in [-0.2, 0) is 11.3 Å². The minimum Gasteiger partial charge on any atom is -0.383 e. The van der Waals surface area contributed by atoms with E-state index in [9.17, 15) is 0 Å². The Morgan fingerprint density at radius 1 is 1.67 bits per heavy atom. The van der Waals surface area contributed by atoms with Crippen LogP contribution in [0.1, 0.15) is 11.3 Å². The SMILES string of the molecule is COCC(Cl)CCNCc1cc(Br)cs1. The molecule has 1 rings (SSSR count). The molecule has 15 heavy (non-hydrogen) atoms. The summed E-state index contributed by atoms with van der Waals surface area (Å²) in [6.07, 6.45) is 0.932. The van der Waals surface area contributed by atoms with Crippen LogP contribution in [0.2, 0.25) is 0 Å². The molecule has 1 unspecified atom stereocenters. The molecule has 86 valence electrons. The number of nitrogens with one attached hydrogen (secondary N) is 1. The summed E-state index contributed by atoms with van der Waals surface area (Å²) in [6, 6.07) is 2.13. The molecule has 0 aliphatic heterocycles. The highest BCUT2D eigenvalue weighted by atomic mass is 79.9. The van der Waals surface area contributed by atoms with Crippen LogP contribution in [0.4, 0.5) is 0 Å². The summed E-state index contributed by atoms with van der Waals surface area (Å²) in [5.74, 6) is 0. The van der Waals surface area contributed by atoms with Crippen molar-refractivity contribution < 1.29 is 4.74 Å². The van der Waals surface area contributed by atoms with E-state index in [1.807, 2.05) is 0 Å². The highest BCUT2D eigenvalue weighted by molar-refractivity contribution is 9.10. The van der Waals surface area contributed by atoms with Crippen LogP contribution >= 0.6 is 38.9 Å². The summed E-state index contributed by atoms with van der Waals surface area (Å²) in [5.41, 5.74) is 0. The van der Waals surface area contributed by atoms with Crippen LogP contribution in [0.15, 0.2) is 15.9 Å². The normalized spacial score (nSPS) is 13.0. The average Bonchev–Trinajstić information content (AvgIpc) is 2.60. The molecule has 1 aromatic rings. The molecule has 0 aliphatic carbocycles. The maximum Gasteiger partial charge on any atom is 0.0626 e. The van der Waals surface area contributed by atoms with Gasteiger partial charge >= 0.3 is 0 Å². The maximum absolute atomic E-state index is 6.00. The van der Waals surface area contributed by atoms with Crippen molar-refractivity contribution in [2.45, 2.75) is 18.3 Å². The van der Waals surface area contributed by atoms with Crippen molar-refractivity contribution in [2.24, 2.45) is 0 Å². The lowest BCUT2D eigenvalue weighted by Crippen LogP contribution is -2.19. The topological polar surface area (TPSA) is 21.3 Å². The molecule has 0 radical (unpaired) electrons. The molecule has 0 amide bonds. The zero-order valence-electron chi connectivity index (χ0n) is 8.63. The quantitative estimate of drug-likeness (QED) is 0.616. The number of methoxy groups -OCH3 is 1. The largest absolute Gasteiger partial charge is 0.383 e. The Hall–Kier alpha value is 0.390. The summed E-state index contributed by atoms with van der Waals surface area (Å²) in [5, 5.41) is 5.55. The second-order valence-corrected chi connectivity index (χ2v) is 5.78. The molecule has 0 spiro atoms. The fourth-order valence-corrected chi connectivity index (χ4v) is 2.84. The van der Waals surface area contributed by atoms with Gasteiger partial charge in [-0.25, -0.2) is 0 Å². The van der Waals surface area contributed by atoms with E-state index in [1.54, 1.807) is 18.4 Å². The summed E-state index contributed by atoms with van der Waals surface area (Å²) < 4.78 is 6.11. The van der Waals surface area contributed by atoms with Crippen molar-refractivity contribution >= 4 is 38.9 Å². The van der Waals surface area contributed by atoms with Crippen molar-refractivity contribution in [1.29, 1.82) is 0 Å².